The SMILES string of the molecule is Cc1cc(CNC(=O)CSc2ccc3ccccc3c2)c(C)o1. The Kier molecular flexibility index (Phi) is 4.72. The molecule has 0 saturated carbocycles. The third kappa shape index (κ3) is 3.96. The molecule has 0 aliphatic heterocycles. The molecule has 0 aliphatic rings. The number of hydrogen-bond donors (Lipinski definition) is 1. The van der Waals surface area contributed by atoms with Gasteiger partial charge in [-0.2, -0.15) is 0 Å². The summed E-state index contributed by atoms with van der Waals surface area (Å²) in [5, 5.41) is 5.35. The second kappa shape index (κ2) is 6.92. The van der Waals surface area contributed by atoms with Crippen LogP contribution in [0.25, 0.3) is 10.8 Å². The quantitative estimate of drug-likeness (QED) is 0.704. The van der Waals surface area contributed by atoms with Crippen molar-refractivity contribution < 1.29 is 9.21 Å². The van der Waals surface area contributed by atoms with E-state index in [-0.39, 0.29) is 5.91 Å². The molecule has 0 fully saturated rings. The molecule has 1 aromatic heterocycles. The molecule has 0 aliphatic carbocycles. The summed E-state index contributed by atoms with van der Waals surface area (Å²) in [6, 6.07) is 16.5. The summed E-state index contributed by atoms with van der Waals surface area (Å²) in [6.45, 7) is 4.34. The zero-order chi connectivity index (χ0) is 16.2. The minimum absolute atomic E-state index is 0.0291. The van der Waals surface area contributed by atoms with Gasteiger partial charge in [0.2, 0.25) is 5.91 Å². The molecule has 0 saturated heterocycles. The maximum atomic E-state index is 12.0. The third-order valence-corrected chi connectivity index (χ3v) is 4.70. The number of nitrogens with one attached hydrogen (secondary N) is 1. The summed E-state index contributed by atoms with van der Waals surface area (Å²) in [7, 11) is 0. The van der Waals surface area contributed by atoms with E-state index in [0.717, 1.165) is 22.0 Å². The Balaban J connectivity index is 1.54. The number of rotatable bonds is 5. The van der Waals surface area contributed by atoms with E-state index >= 15 is 0 Å². The van der Waals surface area contributed by atoms with Crippen LogP contribution in [-0.4, -0.2) is 11.7 Å². The van der Waals surface area contributed by atoms with E-state index in [0.29, 0.717) is 12.3 Å². The monoisotopic (exact) mass is 325 g/mol. The highest BCUT2D eigenvalue weighted by molar-refractivity contribution is 8.00. The van der Waals surface area contributed by atoms with Gasteiger partial charge in [-0.1, -0.05) is 30.3 Å². The topological polar surface area (TPSA) is 42.2 Å². The first-order valence-electron chi connectivity index (χ1n) is 7.56. The normalized spacial score (nSPS) is 10.9. The predicted molar refractivity (Wildman–Crippen MR) is 94.7 cm³/mol. The van der Waals surface area contributed by atoms with Crippen LogP contribution in [-0.2, 0) is 11.3 Å². The van der Waals surface area contributed by atoms with Gasteiger partial charge in [-0.05, 0) is 42.8 Å². The molecular formula is C19H19NO2S. The first-order valence-corrected chi connectivity index (χ1v) is 8.54. The van der Waals surface area contributed by atoms with E-state index in [1.807, 2.05) is 32.0 Å². The summed E-state index contributed by atoms with van der Waals surface area (Å²) in [5.41, 5.74) is 1.03. The van der Waals surface area contributed by atoms with Gasteiger partial charge in [-0.15, -0.1) is 11.8 Å². The molecular weight excluding hydrogens is 306 g/mol. The van der Waals surface area contributed by atoms with Crippen LogP contribution >= 0.6 is 11.8 Å². The number of thioether (sulfide) groups is 1. The molecule has 23 heavy (non-hydrogen) atoms. The van der Waals surface area contributed by atoms with Crippen molar-refractivity contribution in [3.05, 3.63) is 65.6 Å². The molecule has 1 N–H and O–H groups in total. The highest BCUT2D eigenvalue weighted by atomic mass is 32.2. The van der Waals surface area contributed by atoms with Gasteiger partial charge in [0.1, 0.15) is 11.5 Å². The molecule has 3 aromatic rings. The molecule has 4 heteroatoms. The number of furan rings is 1. The largest absolute Gasteiger partial charge is 0.466 e. The highest BCUT2D eigenvalue weighted by Crippen LogP contribution is 2.23. The minimum atomic E-state index is 0.0291. The van der Waals surface area contributed by atoms with Crippen molar-refractivity contribution in [2.75, 3.05) is 5.75 Å². The number of amides is 1. The summed E-state index contributed by atoms with van der Waals surface area (Å²) >= 11 is 1.55. The summed E-state index contributed by atoms with van der Waals surface area (Å²) in [4.78, 5) is 13.1. The fourth-order valence-corrected chi connectivity index (χ4v) is 3.28. The van der Waals surface area contributed by atoms with Crippen molar-refractivity contribution in [2.45, 2.75) is 25.3 Å². The first-order chi connectivity index (χ1) is 11.1. The lowest BCUT2D eigenvalue weighted by atomic mass is 10.1. The maximum absolute atomic E-state index is 12.0. The van der Waals surface area contributed by atoms with Gasteiger partial charge in [0.25, 0.3) is 0 Å². The first kappa shape index (κ1) is 15.7. The van der Waals surface area contributed by atoms with Crippen molar-refractivity contribution in [1.29, 1.82) is 0 Å². The second-order valence-corrected chi connectivity index (χ2v) is 6.56. The van der Waals surface area contributed by atoms with Crippen LogP contribution in [0.3, 0.4) is 0 Å². The number of carbonyl (C=O) groups is 1. The van der Waals surface area contributed by atoms with E-state index in [9.17, 15) is 4.79 Å². The van der Waals surface area contributed by atoms with Gasteiger partial charge in [0.05, 0.1) is 5.75 Å². The van der Waals surface area contributed by atoms with Crippen LogP contribution in [0.15, 0.2) is 57.8 Å². The predicted octanol–water partition coefficient (Wildman–Crippen LogP) is 4.46. The Morgan fingerprint density at radius 3 is 2.61 bits per heavy atom. The standard InChI is InChI=1S/C19H19NO2S/c1-13-9-17(14(2)22-13)11-20-19(21)12-23-18-8-7-15-5-3-4-6-16(15)10-18/h3-10H,11-12H2,1-2H3,(H,20,21). The van der Waals surface area contributed by atoms with Crippen LogP contribution in [0.1, 0.15) is 17.1 Å². The van der Waals surface area contributed by atoms with Crippen molar-refractivity contribution in [1.82, 2.24) is 5.32 Å². The Labute approximate surface area is 140 Å². The van der Waals surface area contributed by atoms with Crippen LogP contribution in [0, 0.1) is 13.8 Å². The third-order valence-electron chi connectivity index (χ3n) is 3.71. The molecule has 3 nitrogen and oxygen atoms in total. The molecule has 0 atom stereocenters. The lowest BCUT2D eigenvalue weighted by Gasteiger charge is -2.05. The van der Waals surface area contributed by atoms with Gasteiger partial charge in [0, 0.05) is 17.0 Å². The van der Waals surface area contributed by atoms with Crippen LogP contribution in [0.5, 0.6) is 0 Å². The maximum Gasteiger partial charge on any atom is 0.230 e. The molecule has 118 valence electrons. The minimum Gasteiger partial charge on any atom is -0.466 e. The van der Waals surface area contributed by atoms with Crippen LogP contribution in [0.2, 0.25) is 0 Å². The number of aryl methyl sites for hydroxylation is 2. The van der Waals surface area contributed by atoms with E-state index < -0.39 is 0 Å². The smallest absolute Gasteiger partial charge is 0.230 e. The Morgan fingerprint density at radius 1 is 1.09 bits per heavy atom. The van der Waals surface area contributed by atoms with E-state index in [4.69, 9.17) is 4.42 Å². The van der Waals surface area contributed by atoms with Crippen molar-refractivity contribution in [3.8, 4) is 0 Å². The van der Waals surface area contributed by atoms with Gasteiger partial charge in [0.15, 0.2) is 0 Å². The number of benzene rings is 2. The summed E-state index contributed by atoms with van der Waals surface area (Å²) < 4.78 is 5.46. The van der Waals surface area contributed by atoms with E-state index in [2.05, 4.69) is 35.6 Å². The highest BCUT2D eigenvalue weighted by Gasteiger charge is 2.07. The van der Waals surface area contributed by atoms with Crippen LogP contribution < -0.4 is 5.32 Å². The molecule has 0 spiro atoms. The van der Waals surface area contributed by atoms with Gasteiger partial charge >= 0.3 is 0 Å². The fourth-order valence-electron chi connectivity index (χ4n) is 2.51. The molecule has 1 heterocycles. The van der Waals surface area contributed by atoms with E-state index in [1.54, 1.807) is 11.8 Å². The number of hydrogen-bond acceptors (Lipinski definition) is 3. The second-order valence-electron chi connectivity index (χ2n) is 5.51. The average molecular weight is 325 g/mol. The fraction of sp³-hybridized carbons (Fsp3) is 0.211. The Bertz CT molecular complexity index is 838. The lowest BCUT2D eigenvalue weighted by Crippen LogP contribution is -2.24. The number of fused-ring (bicyclic) bond motifs is 1. The zero-order valence-electron chi connectivity index (χ0n) is 13.3. The zero-order valence-corrected chi connectivity index (χ0v) is 14.1. The molecule has 3 rings (SSSR count). The van der Waals surface area contributed by atoms with Crippen molar-refractivity contribution in [3.63, 3.8) is 0 Å². The Hall–Kier alpha value is -2.20. The molecule has 1 amide bonds. The Morgan fingerprint density at radius 2 is 1.87 bits per heavy atom. The van der Waals surface area contributed by atoms with Crippen molar-refractivity contribution in [2.24, 2.45) is 0 Å². The van der Waals surface area contributed by atoms with Crippen molar-refractivity contribution >= 4 is 28.4 Å². The molecule has 0 unspecified atom stereocenters. The van der Waals surface area contributed by atoms with Gasteiger partial charge < -0.3 is 9.73 Å². The average Bonchev–Trinajstić information content (AvgIpc) is 2.88. The summed E-state index contributed by atoms with van der Waals surface area (Å²) in [6.07, 6.45) is 0. The lowest BCUT2D eigenvalue weighted by molar-refractivity contribution is -0.118. The van der Waals surface area contributed by atoms with Gasteiger partial charge in [-0.3, -0.25) is 4.79 Å². The summed E-state index contributed by atoms with van der Waals surface area (Å²) in [5.74, 6) is 2.18. The van der Waals surface area contributed by atoms with E-state index in [1.165, 1.54) is 10.8 Å². The van der Waals surface area contributed by atoms with Gasteiger partial charge in [-0.25, -0.2) is 0 Å². The molecule has 0 radical (unpaired) electrons. The molecule has 0 bridgehead atoms. The number of carbonyl (C=O) groups excluding carboxylic acids is 1. The van der Waals surface area contributed by atoms with Crippen LogP contribution in [0.4, 0.5) is 0 Å². The molecule has 2 aromatic carbocycles.